The summed E-state index contributed by atoms with van der Waals surface area (Å²) in [5.74, 6) is 2.77. The van der Waals surface area contributed by atoms with Gasteiger partial charge in [0.25, 0.3) is 0 Å². The van der Waals surface area contributed by atoms with Crippen LogP contribution in [0.15, 0.2) is 33.2 Å². The molecule has 0 bridgehead atoms. The number of rotatable bonds is 6. The molecule has 5 nitrogen and oxygen atoms in total. The molecule has 130 valence electrons. The van der Waals surface area contributed by atoms with Crippen molar-refractivity contribution in [1.82, 2.24) is 15.6 Å². The van der Waals surface area contributed by atoms with Gasteiger partial charge in [-0.25, -0.2) is 9.98 Å². The van der Waals surface area contributed by atoms with E-state index < -0.39 is 0 Å². The fraction of sp³-hybridized carbons (Fsp3) is 0.529. The van der Waals surface area contributed by atoms with E-state index in [-0.39, 0.29) is 0 Å². The van der Waals surface area contributed by atoms with Crippen LogP contribution in [0, 0.1) is 0 Å². The first-order valence-electron chi connectivity index (χ1n) is 8.33. The highest BCUT2D eigenvalue weighted by atomic mass is 32.2. The number of nitrogens with one attached hydrogen (secondary N) is 2. The third kappa shape index (κ3) is 4.54. The van der Waals surface area contributed by atoms with Crippen LogP contribution in [-0.4, -0.2) is 34.5 Å². The van der Waals surface area contributed by atoms with E-state index in [0.29, 0.717) is 17.2 Å². The summed E-state index contributed by atoms with van der Waals surface area (Å²) < 4.78 is 5.86. The summed E-state index contributed by atoms with van der Waals surface area (Å²) in [5.41, 5.74) is 0.844. The smallest absolute Gasteiger partial charge is 0.236 e. The van der Waals surface area contributed by atoms with Crippen molar-refractivity contribution in [2.75, 3.05) is 18.8 Å². The van der Waals surface area contributed by atoms with Gasteiger partial charge in [-0.1, -0.05) is 6.07 Å². The van der Waals surface area contributed by atoms with Gasteiger partial charge in [0.15, 0.2) is 5.96 Å². The van der Waals surface area contributed by atoms with Gasteiger partial charge in [0.1, 0.15) is 12.0 Å². The topological polar surface area (TPSA) is 62.5 Å². The summed E-state index contributed by atoms with van der Waals surface area (Å²) in [6, 6.07) is 4.01. The van der Waals surface area contributed by atoms with E-state index in [9.17, 15) is 0 Å². The molecule has 1 saturated heterocycles. The lowest BCUT2D eigenvalue weighted by atomic mass is 10.1. The van der Waals surface area contributed by atoms with Gasteiger partial charge < -0.3 is 15.1 Å². The monoisotopic (exact) mass is 364 g/mol. The molecular weight excluding hydrogens is 340 g/mol. The SMILES string of the molecule is CCNC(=NCc1coc(-c2cccs2)n1)NCC1(C)CCCS1. The molecule has 2 aromatic heterocycles. The van der Waals surface area contributed by atoms with Gasteiger partial charge in [0.2, 0.25) is 5.89 Å². The predicted molar refractivity (Wildman–Crippen MR) is 103 cm³/mol. The van der Waals surface area contributed by atoms with Crippen molar-refractivity contribution in [2.24, 2.45) is 4.99 Å². The zero-order valence-electron chi connectivity index (χ0n) is 14.2. The quantitative estimate of drug-likeness (QED) is 0.604. The van der Waals surface area contributed by atoms with E-state index in [1.54, 1.807) is 17.6 Å². The fourth-order valence-corrected chi connectivity index (χ4v) is 4.54. The highest BCUT2D eigenvalue weighted by Crippen LogP contribution is 2.36. The zero-order chi connectivity index (χ0) is 16.8. The van der Waals surface area contributed by atoms with Crippen LogP contribution in [0.1, 0.15) is 32.4 Å². The standard InChI is InChI=1S/C17H24N4OS2/c1-3-18-16(20-12-17(2)7-5-9-24-17)19-10-13-11-22-15(21-13)14-6-4-8-23-14/h4,6,8,11H,3,5,7,9-10,12H2,1-2H3,(H2,18,19,20). The van der Waals surface area contributed by atoms with E-state index in [4.69, 9.17) is 4.42 Å². The van der Waals surface area contributed by atoms with E-state index in [0.717, 1.165) is 29.6 Å². The van der Waals surface area contributed by atoms with Gasteiger partial charge in [0.05, 0.1) is 11.4 Å². The molecule has 1 fully saturated rings. The normalized spacial score (nSPS) is 21.2. The molecule has 1 unspecified atom stereocenters. The Morgan fingerprint density at radius 1 is 1.46 bits per heavy atom. The molecule has 24 heavy (non-hydrogen) atoms. The summed E-state index contributed by atoms with van der Waals surface area (Å²) in [6.07, 6.45) is 4.26. The molecule has 1 atom stereocenters. The third-order valence-electron chi connectivity index (χ3n) is 3.96. The summed E-state index contributed by atoms with van der Waals surface area (Å²) in [5, 5.41) is 8.79. The number of guanidine groups is 1. The number of thiophene rings is 1. The zero-order valence-corrected chi connectivity index (χ0v) is 15.8. The van der Waals surface area contributed by atoms with Crippen LogP contribution in [0.25, 0.3) is 10.8 Å². The molecule has 0 amide bonds. The number of hydrogen-bond acceptors (Lipinski definition) is 5. The van der Waals surface area contributed by atoms with Gasteiger partial charge in [-0.3, -0.25) is 0 Å². The predicted octanol–water partition coefficient (Wildman–Crippen LogP) is 3.74. The van der Waals surface area contributed by atoms with Crippen molar-refractivity contribution in [3.8, 4) is 10.8 Å². The van der Waals surface area contributed by atoms with E-state index in [1.165, 1.54) is 18.6 Å². The second kappa shape index (κ2) is 8.07. The Bertz CT molecular complexity index is 660. The van der Waals surface area contributed by atoms with Crippen molar-refractivity contribution < 1.29 is 4.42 Å². The van der Waals surface area contributed by atoms with Crippen LogP contribution in [0.3, 0.4) is 0 Å². The van der Waals surface area contributed by atoms with E-state index in [2.05, 4.69) is 34.5 Å². The largest absolute Gasteiger partial charge is 0.443 e. The lowest BCUT2D eigenvalue weighted by Crippen LogP contribution is -2.43. The van der Waals surface area contributed by atoms with Crippen molar-refractivity contribution >= 4 is 29.1 Å². The van der Waals surface area contributed by atoms with Gasteiger partial charge in [-0.15, -0.1) is 11.3 Å². The lowest BCUT2D eigenvalue weighted by Gasteiger charge is -2.24. The van der Waals surface area contributed by atoms with Crippen molar-refractivity contribution in [3.05, 3.63) is 29.5 Å². The summed E-state index contributed by atoms with van der Waals surface area (Å²) in [6.45, 7) is 6.69. The van der Waals surface area contributed by atoms with Crippen LogP contribution in [-0.2, 0) is 6.54 Å². The molecular formula is C17H24N4OS2. The molecule has 0 saturated carbocycles. The number of thioether (sulfide) groups is 1. The molecule has 7 heteroatoms. The minimum Gasteiger partial charge on any atom is -0.443 e. The number of oxazole rings is 1. The van der Waals surface area contributed by atoms with Crippen molar-refractivity contribution in [1.29, 1.82) is 0 Å². The van der Waals surface area contributed by atoms with Crippen molar-refractivity contribution in [3.63, 3.8) is 0 Å². The van der Waals surface area contributed by atoms with Crippen LogP contribution in [0.4, 0.5) is 0 Å². The highest BCUT2D eigenvalue weighted by molar-refractivity contribution is 8.00. The lowest BCUT2D eigenvalue weighted by molar-refractivity contribution is 0.574. The Kier molecular flexibility index (Phi) is 5.84. The number of aromatic nitrogens is 1. The first-order valence-corrected chi connectivity index (χ1v) is 10.2. The summed E-state index contributed by atoms with van der Waals surface area (Å²) in [7, 11) is 0. The Morgan fingerprint density at radius 2 is 2.38 bits per heavy atom. The Morgan fingerprint density at radius 3 is 3.08 bits per heavy atom. The van der Waals surface area contributed by atoms with Gasteiger partial charge in [-0.2, -0.15) is 11.8 Å². The third-order valence-corrected chi connectivity index (χ3v) is 6.35. The fourth-order valence-electron chi connectivity index (χ4n) is 2.64. The average Bonchev–Trinajstić information content (AvgIpc) is 3.31. The minimum atomic E-state index is 0.316. The Balaban J connectivity index is 1.59. The molecule has 0 aromatic carbocycles. The van der Waals surface area contributed by atoms with Gasteiger partial charge >= 0.3 is 0 Å². The molecule has 1 aliphatic rings. The number of aliphatic imine (C=N–C) groups is 1. The molecule has 1 aliphatic heterocycles. The molecule has 2 N–H and O–H groups in total. The second-order valence-electron chi connectivity index (χ2n) is 6.07. The molecule has 3 heterocycles. The minimum absolute atomic E-state index is 0.316. The molecule has 2 aromatic rings. The summed E-state index contributed by atoms with van der Waals surface area (Å²) in [4.78, 5) is 10.2. The van der Waals surface area contributed by atoms with Gasteiger partial charge in [-0.05, 0) is 43.9 Å². The van der Waals surface area contributed by atoms with Crippen LogP contribution in [0.5, 0.6) is 0 Å². The summed E-state index contributed by atoms with van der Waals surface area (Å²) >= 11 is 3.67. The van der Waals surface area contributed by atoms with Crippen LogP contribution in [0.2, 0.25) is 0 Å². The van der Waals surface area contributed by atoms with E-state index in [1.807, 2.05) is 29.3 Å². The molecule has 3 rings (SSSR count). The Hall–Kier alpha value is -1.47. The molecule has 0 radical (unpaired) electrons. The second-order valence-corrected chi connectivity index (χ2v) is 8.70. The molecule has 0 spiro atoms. The van der Waals surface area contributed by atoms with Crippen LogP contribution < -0.4 is 10.6 Å². The maximum atomic E-state index is 5.54. The average molecular weight is 365 g/mol. The maximum absolute atomic E-state index is 5.54. The first kappa shape index (κ1) is 17.4. The maximum Gasteiger partial charge on any atom is 0.236 e. The van der Waals surface area contributed by atoms with E-state index >= 15 is 0 Å². The first-order chi connectivity index (χ1) is 11.7. The van der Waals surface area contributed by atoms with Gasteiger partial charge in [0, 0.05) is 17.8 Å². The highest BCUT2D eigenvalue weighted by Gasteiger charge is 2.29. The number of hydrogen-bond donors (Lipinski definition) is 2. The Labute approximate surface area is 151 Å². The van der Waals surface area contributed by atoms with Crippen molar-refractivity contribution in [2.45, 2.75) is 38.0 Å². The molecule has 0 aliphatic carbocycles. The van der Waals surface area contributed by atoms with Crippen LogP contribution >= 0.6 is 23.1 Å². The number of nitrogens with zero attached hydrogens (tertiary/aromatic N) is 2.